The SMILES string of the molecule is C=C(C)COCCNC(C)(CN)C(OC)OC. The maximum atomic E-state index is 5.74. The first kappa shape index (κ1) is 16.5. The average Bonchev–Trinajstić information content (AvgIpc) is 2.29. The van der Waals surface area contributed by atoms with E-state index in [0.717, 1.165) is 5.57 Å². The van der Waals surface area contributed by atoms with Crippen molar-refractivity contribution in [2.75, 3.05) is 40.5 Å². The maximum absolute atomic E-state index is 5.74. The summed E-state index contributed by atoms with van der Waals surface area (Å²) in [6.07, 6.45) is -0.381. The minimum Gasteiger partial charge on any atom is -0.376 e. The predicted molar refractivity (Wildman–Crippen MR) is 68.9 cm³/mol. The van der Waals surface area contributed by atoms with E-state index in [4.69, 9.17) is 19.9 Å². The second-order valence-electron chi connectivity index (χ2n) is 4.36. The Morgan fingerprint density at radius 1 is 1.41 bits per heavy atom. The van der Waals surface area contributed by atoms with Gasteiger partial charge in [-0.05, 0) is 13.8 Å². The van der Waals surface area contributed by atoms with E-state index < -0.39 is 5.54 Å². The molecule has 0 radical (unpaired) electrons. The van der Waals surface area contributed by atoms with Crippen molar-refractivity contribution in [1.29, 1.82) is 0 Å². The Morgan fingerprint density at radius 2 is 2.00 bits per heavy atom. The van der Waals surface area contributed by atoms with Crippen LogP contribution in [0.5, 0.6) is 0 Å². The third kappa shape index (κ3) is 6.14. The summed E-state index contributed by atoms with van der Waals surface area (Å²) in [6, 6.07) is 0. The van der Waals surface area contributed by atoms with Gasteiger partial charge in [0.25, 0.3) is 0 Å². The summed E-state index contributed by atoms with van der Waals surface area (Å²) in [6.45, 7) is 9.95. The van der Waals surface area contributed by atoms with E-state index in [1.54, 1.807) is 14.2 Å². The summed E-state index contributed by atoms with van der Waals surface area (Å²) in [4.78, 5) is 0. The Hall–Kier alpha value is -0.460. The Labute approximate surface area is 104 Å². The van der Waals surface area contributed by atoms with Gasteiger partial charge < -0.3 is 25.3 Å². The highest BCUT2D eigenvalue weighted by molar-refractivity contribution is 4.89. The van der Waals surface area contributed by atoms with E-state index in [9.17, 15) is 0 Å². The normalized spacial score (nSPS) is 14.9. The molecule has 0 aromatic rings. The fourth-order valence-electron chi connectivity index (χ4n) is 1.52. The number of rotatable bonds is 10. The van der Waals surface area contributed by atoms with Crippen LogP contribution in [-0.2, 0) is 14.2 Å². The molecule has 5 heteroatoms. The van der Waals surface area contributed by atoms with Gasteiger partial charge in [0, 0.05) is 27.3 Å². The summed E-state index contributed by atoms with van der Waals surface area (Å²) in [5, 5.41) is 3.29. The molecule has 0 heterocycles. The van der Waals surface area contributed by atoms with Crippen LogP contribution < -0.4 is 11.1 Å². The van der Waals surface area contributed by atoms with Crippen molar-refractivity contribution in [2.24, 2.45) is 5.73 Å². The average molecular weight is 246 g/mol. The fourth-order valence-corrected chi connectivity index (χ4v) is 1.52. The van der Waals surface area contributed by atoms with Crippen LogP contribution in [0.25, 0.3) is 0 Å². The third-order valence-electron chi connectivity index (χ3n) is 2.50. The summed E-state index contributed by atoms with van der Waals surface area (Å²) in [7, 11) is 3.20. The molecule has 0 fully saturated rings. The third-order valence-corrected chi connectivity index (χ3v) is 2.50. The van der Waals surface area contributed by atoms with Crippen LogP contribution in [0.2, 0.25) is 0 Å². The Kier molecular flexibility index (Phi) is 8.37. The topological polar surface area (TPSA) is 65.7 Å². The molecule has 1 atom stereocenters. The van der Waals surface area contributed by atoms with E-state index >= 15 is 0 Å². The molecule has 0 aliphatic carbocycles. The Balaban J connectivity index is 3.99. The minimum atomic E-state index is -0.421. The molecular weight excluding hydrogens is 220 g/mol. The highest BCUT2D eigenvalue weighted by atomic mass is 16.7. The van der Waals surface area contributed by atoms with Gasteiger partial charge >= 0.3 is 0 Å². The first-order chi connectivity index (χ1) is 8.00. The monoisotopic (exact) mass is 246 g/mol. The van der Waals surface area contributed by atoms with Gasteiger partial charge in [-0.1, -0.05) is 12.2 Å². The number of nitrogens with one attached hydrogen (secondary N) is 1. The van der Waals surface area contributed by atoms with E-state index in [2.05, 4.69) is 11.9 Å². The summed E-state index contributed by atoms with van der Waals surface area (Å²) in [5.41, 5.74) is 6.34. The minimum absolute atomic E-state index is 0.381. The molecular formula is C12H26N2O3. The van der Waals surface area contributed by atoms with Gasteiger partial charge in [0.05, 0.1) is 18.8 Å². The zero-order chi connectivity index (χ0) is 13.3. The lowest BCUT2D eigenvalue weighted by molar-refractivity contribution is -0.149. The van der Waals surface area contributed by atoms with Crippen molar-refractivity contribution in [3.05, 3.63) is 12.2 Å². The largest absolute Gasteiger partial charge is 0.376 e. The summed E-state index contributed by atoms with van der Waals surface area (Å²) < 4.78 is 15.9. The van der Waals surface area contributed by atoms with Crippen LogP contribution in [0.1, 0.15) is 13.8 Å². The molecule has 0 rings (SSSR count). The zero-order valence-electron chi connectivity index (χ0n) is 11.4. The number of hydrogen-bond donors (Lipinski definition) is 2. The van der Waals surface area contributed by atoms with Gasteiger partial charge in [-0.2, -0.15) is 0 Å². The molecule has 1 unspecified atom stereocenters. The fraction of sp³-hybridized carbons (Fsp3) is 0.833. The summed E-state index contributed by atoms with van der Waals surface area (Å²) >= 11 is 0. The molecule has 0 saturated heterocycles. The van der Waals surface area contributed by atoms with Crippen LogP contribution in [0.15, 0.2) is 12.2 Å². The molecule has 3 N–H and O–H groups in total. The van der Waals surface area contributed by atoms with Crippen LogP contribution in [0.4, 0.5) is 0 Å². The van der Waals surface area contributed by atoms with Crippen molar-refractivity contribution < 1.29 is 14.2 Å². The van der Waals surface area contributed by atoms with E-state index in [0.29, 0.717) is 26.3 Å². The molecule has 0 aliphatic heterocycles. The lowest BCUT2D eigenvalue weighted by Gasteiger charge is -2.35. The van der Waals surface area contributed by atoms with Gasteiger partial charge in [-0.15, -0.1) is 0 Å². The van der Waals surface area contributed by atoms with Crippen LogP contribution >= 0.6 is 0 Å². The van der Waals surface area contributed by atoms with Gasteiger partial charge in [0.15, 0.2) is 6.29 Å². The first-order valence-corrected chi connectivity index (χ1v) is 5.73. The number of ether oxygens (including phenoxy) is 3. The molecule has 102 valence electrons. The highest BCUT2D eigenvalue weighted by Gasteiger charge is 2.32. The van der Waals surface area contributed by atoms with Crippen molar-refractivity contribution in [1.82, 2.24) is 5.32 Å². The van der Waals surface area contributed by atoms with E-state index in [1.807, 2.05) is 13.8 Å². The maximum Gasteiger partial charge on any atom is 0.175 e. The second-order valence-corrected chi connectivity index (χ2v) is 4.36. The highest BCUT2D eigenvalue weighted by Crippen LogP contribution is 2.12. The summed E-state index contributed by atoms with van der Waals surface area (Å²) in [5.74, 6) is 0. The van der Waals surface area contributed by atoms with Crippen molar-refractivity contribution >= 4 is 0 Å². The van der Waals surface area contributed by atoms with Gasteiger partial charge in [-0.3, -0.25) is 0 Å². The number of nitrogens with two attached hydrogens (primary N) is 1. The second kappa shape index (κ2) is 8.60. The smallest absolute Gasteiger partial charge is 0.175 e. The van der Waals surface area contributed by atoms with Crippen molar-refractivity contribution in [2.45, 2.75) is 25.7 Å². The standard InChI is InChI=1S/C12H26N2O3/c1-10(2)8-17-7-6-14-12(3,9-13)11(15-4)16-5/h11,14H,1,6-9,13H2,2-5H3. The number of methoxy groups -OCH3 is 2. The molecule has 5 nitrogen and oxygen atoms in total. The number of hydrogen-bond acceptors (Lipinski definition) is 5. The van der Waals surface area contributed by atoms with Crippen molar-refractivity contribution in [3.63, 3.8) is 0 Å². The van der Waals surface area contributed by atoms with E-state index in [1.165, 1.54) is 0 Å². The van der Waals surface area contributed by atoms with Gasteiger partial charge in [-0.25, -0.2) is 0 Å². The van der Waals surface area contributed by atoms with Crippen molar-refractivity contribution in [3.8, 4) is 0 Å². The van der Waals surface area contributed by atoms with Crippen LogP contribution in [0, 0.1) is 0 Å². The quantitative estimate of drug-likeness (QED) is 0.334. The van der Waals surface area contributed by atoms with Crippen LogP contribution in [0.3, 0.4) is 0 Å². The molecule has 0 aromatic carbocycles. The molecule has 0 aliphatic rings. The lowest BCUT2D eigenvalue weighted by atomic mass is 10.0. The Morgan fingerprint density at radius 3 is 2.41 bits per heavy atom. The molecule has 0 amide bonds. The van der Waals surface area contributed by atoms with Gasteiger partial charge in [0.1, 0.15) is 0 Å². The molecule has 17 heavy (non-hydrogen) atoms. The van der Waals surface area contributed by atoms with E-state index in [-0.39, 0.29) is 6.29 Å². The predicted octanol–water partition coefficient (Wildman–Crippen LogP) is 0.505. The zero-order valence-corrected chi connectivity index (χ0v) is 11.4. The molecule has 0 bridgehead atoms. The first-order valence-electron chi connectivity index (χ1n) is 5.73. The van der Waals surface area contributed by atoms with Crippen LogP contribution in [-0.4, -0.2) is 52.4 Å². The molecule has 0 aromatic heterocycles. The van der Waals surface area contributed by atoms with Gasteiger partial charge in [0.2, 0.25) is 0 Å². The lowest BCUT2D eigenvalue weighted by Crippen LogP contribution is -2.59. The molecule has 0 saturated carbocycles. The Bertz CT molecular complexity index is 220. The molecule has 0 spiro atoms.